The van der Waals surface area contributed by atoms with Crippen LogP contribution in [0, 0.1) is 16.0 Å². The first-order chi connectivity index (χ1) is 14.8. The van der Waals surface area contributed by atoms with Crippen LogP contribution < -0.4 is 14.8 Å². The number of nitrogens with one attached hydrogen (secondary N) is 1. The number of methoxy groups -OCH3 is 2. The van der Waals surface area contributed by atoms with E-state index < -0.39 is 16.9 Å². The molecule has 3 rings (SSSR count). The zero-order valence-electron chi connectivity index (χ0n) is 17.5. The highest BCUT2D eigenvalue weighted by atomic mass is 16.6. The zero-order valence-corrected chi connectivity index (χ0v) is 17.5. The van der Waals surface area contributed by atoms with E-state index in [1.807, 2.05) is 13.8 Å². The third-order valence-corrected chi connectivity index (χ3v) is 4.62. The maximum atomic E-state index is 12.7. The van der Waals surface area contributed by atoms with Gasteiger partial charge in [-0.1, -0.05) is 25.1 Å². The summed E-state index contributed by atoms with van der Waals surface area (Å²) in [7, 11) is 3.07. The summed E-state index contributed by atoms with van der Waals surface area (Å²) >= 11 is 0. The largest absolute Gasteiger partial charge is 0.493 e. The molecule has 10 nitrogen and oxygen atoms in total. The topological polar surface area (TPSA) is 130 Å². The number of non-ortho nitro benzene ring substituents is 1. The van der Waals surface area contributed by atoms with E-state index in [1.165, 1.54) is 31.4 Å². The molecule has 3 aromatic rings. The Balaban J connectivity index is 1.85. The number of benzene rings is 2. The molecule has 0 aliphatic heterocycles. The number of carbonyl (C=O) groups excluding carboxylic acids is 1. The van der Waals surface area contributed by atoms with Crippen molar-refractivity contribution in [3.63, 3.8) is 0 Å². The Morgan fingerprint density at radius 1 is 1.13 bits per heavy atom. The lowest BCUT2D eigenvalue weighted by Gasteiger charge is -2.18. The number of carbonyl (C=O) groups is 1. The molecule has 0 aliphatic carbocycles. The first-order valence-electron chi connectivity index (χ1n) is 9.45. The van der Waals surface area contributed by atoms with Gasteiger partial charge in [-0.2, -0.15) is 4.98 Å². The number of amides is 1. The summed E-state index contributed by atoms with van der Waals surface area (Å²) in [6.07, 6.45) is 0. The number of rotatable bonds is 8. The summed E-state index contributed by atoms with van der Waals surface area (Å²) in [5.41, 5.74) is 0.655. The van der Waals surface area contributed by atoms with E-state index in [0.717, 1.165) is 0 Å². The molecule has 0 spiro atoms. The molecule has 0 fully saturated rings. The van der Waals surface area contributed by atoms with Crippen molar-refractivity contribution < 1.29 is 23.7 Å². The average molecular weight is 426 g/mol. The summed E-state index contributed by atoms with van der Waals surface area (Å²) in [5.74, 6) is 1.07. The van der Waals surface area contributed by atoms with Crippen LogP contribution in [0.25, 0.3) is 11.4 Å². The van der Waals surface area contributed by atoms with Crippen molar-refractivity contribution >= 4 is 11.6 Å². The SMILES string of the molecule is COc1ccc(-c2noc(C(NC(=O)c3cccc([N+](=O)[O-])c3)C(C)C)n2)cc1OC. The van der Waals surface area contributed by atoms with Gasteiger partial charge in [0.15, 0.2) is 11.5 Å². The second-order valence-corrected chi connectivity index (χ2v) is 7.03. The maximum absolute atomic E-state index is 12.7. The van der Waals surface area contributed by atoms with Gasteiger partial charge in [0.25, 0.3) is 11.6 Å². The summed E-state index contributed by atoms with van der Waals surface area (Å²) in [4.78, 5) is 27.5. The summed E-state index contributed by atoms with van der Waals surface area (Å²) in [5, 5.41) is 17.8. The van der Waals surface area contributed by atoms with E-state index in [4.69, 9.17) is 14.0 Å². The molecule has 0 aliphatic rings. The van der Waals surface area contributed by atoms with Gasteiger partial charge in [0, 0.05) is 23.3 Å². The number of aromatic nitrogens is 2. The zero-order chi connectivity index (χ0) is 22.5. The third kappa shape index (κ3) is 4.80. The van der Waals surface area contributed by atoms with Crippen molar-refractivity contribution in [2.75, 3.05) is 14.2 Å². The van der Waals surface area contributed by atoms with Crippen molar-refractivity contribution in [1.29, 1.82) is 0 Å². The van der Waals surface area contributed by atoms with Gasteiger partial charge in [0.05, 0.1) is 19.1 Å². The Labute approximate surface area is 178 Å². The first kappa shape index (κ1) is 21.8. The van der Waals surface area contributed by atoms with Gasteiger partial charge in [-0.25, -0.2) is 0 Å². The second kappa shape index (κ2) is 9.24. The van der Waals surface area contributed by atoms with Gasteiger partial charge in [0.2, 0.25) is 11.7 Å². The normalized spacial score (nSPS) is 11.8. The molecule has 0 bridgehead atoms. The number of nitrogens with zero attached hydrogens (tertiary/aromatic N) is 3. The smallest absolute Gasteiger partial charge is 0.270 e. The van der Waals surface area contributed by atoms with Crippen LogP contribution in [-0.4, -0.2) is 35.2 Å². The van der Waals surface area contributed by atoms with Gasteiger partial charge < -0.3 is 19.3 Å². The van der Waals surface area contributed by atoms with Crippen LogP contribution in [-0.2, 0) is 0 Å². The summed E-state index contributed by atoms with van der Waals surface area (Å²) in [6, 6.07) is 10.1. The Bertz CT molecular complexity index is 1090. The minimum Gasteiger partial charge on any atom is -0.493 e. The molecular formula is C21H22N4O6. The second-order valence-electron chi connectivity index (χ2n) is 7.03. The first-order valence-corrected chi connectivity index (χ1v) is 9.45. The van der Waals surface area contributed by atoms with Crippen LogP contribution >= 0.6 is 0 Å². The van der Waals surface area contributed by atoms with E-state index >= 15 is 0 Å². The number of hydrogen-bond acceptors (Lipinski definition) is 8. The van der Waals surface area contributed by atoms with Gasteiger partial charge in [-0.05, 0) is 30.2 Å². The maximum Gasteiger partial charge on any atom is 0.270 e. The van der Waals surface area contributed by atoms with Crippen LogP contribution in [0.2, 0.25) is 0 Å². The molecular weight excluding hydrogens is 404 g/mol. The highest BCUT2D eigenvalue weighted by molar-refractivity contribution is 5.95. The quantitative estimate of drug-likeness (QED) is 0.425. The average Bonchev–Trinajstić information content (AvgIpc) is 3.26. The lowest BCUT2D eigenvalue weighted by Crippen LogP contribution is -2.32. The molecule has 1 unspecified atom stereocenters. The fourth-order valence-electron chi connectivity index (χ4n) is 2.95. The van der Waals surface area contributed by atoms with E-state index in [9.17, 15) is 14.9 Å². The molecule has 1 aromatic heterocycles. The predicted molar refractivity (Wildman–Crippen MR) is 111 cm³/mol. The van der Waals surface area contributed by atoms with Gasteiger partial charge in [-0.15, -0.1) is 0 Å². The number of hydrogen-bond donors (Lipinski definition) is 1. The molecule has 10 heteroatoms. The molecule has 0 saturated heterocycles. The molecule has 1 atom stereocenters. The Hall–Kier alpha value is -3.95. The van der Waals surface area contributed by atoms with Gasteiger partial charge >= 0.3 is 0 Å². The molecule has 1 amide bonds. The molecule has 1 heterocycles. The fraction of sp³-hybridized carbons (Fsp3) is 0.286. The summed E-state index contributed by atoms with van der Waals surface area (Å²) in [6.45, 7) is 3.78. The Morgan fingerprint density at radius 2 is 1.87 bits per heavy atom. The van der Waals surface area contributed by atoms with Crippen LogP contribution in [0.5, 0.6) is 11.5 Å². The predicted octanol–water partition coefficient (Wildman–Crippen LogP) is 3.79. The van der Waals surface area contributed by atoms with Crippen LogP contribution in [0.1, 0.15) is 36.1 Å². The summed E-state index contributed by atoms with van der Waals surface area (Å²) < 4.78 is 16.0. The van der Waals surface area contributed by atoms with E-state index in [0.29, 0.717) is 22.9 Å². The minimum absolute atomic E-state index is 0.0821. The van der Waals surface area contributed by atoms with E-state index in [1.54, 1.807) is 25.3 Å². The molecule has 2 aromatic carbocycles. The third-order valence-electron chi connectivity index (χ3n) is 4.62. The molecule has 0 radical (unpaired) electrons. The molecule has 162 valence electrons. The lowest BCUT2D eigenvalue weighted by atomic mass is 10.0. The van der Waals surface area contributed by atoms with E-state index in [2.05, 4.69) is 15.5 Å². The minimum atomic E-state index is -0.590. The van der Waals surface area contributed by atoms with Crippen molar-refractivity contribution in [1.82, 2.24) is 15.5 Å². The number of nitro groups is 1. The number of nitro benzene ring substituents is 1. The van der Waals surface area contributed by atoms with E-state index in [-0.39, 0.29) is 23.1 Å². The molecule has 1 N–H and O–H groups in total. The van der Waals surface area contributed by atoms with Gasteiger partial charge in [0.1, 0.15) is 6.04 Å². The molecule has 0 saturated carbocycles. The Kier molecular flexibility index (Phi) is 6.49. The Morgan fingerprint density at radius 3 is 2.52 bits per heavy atom. The van der Waals surface area contributed by atoms with Gasteiger partial charge in [-0.3, -0.25) is 14.9 Å². The lowest BCUT2D eigenvalue weighted by molar-refractivity contribution is -0.384. The highest BCUT2D eigenvalue weighted by Crippen LogP contribution is 2.32. The van der Waals surface area contributed by atoms with Crippen molar-refractivity contribution in [2.45, 2.75) is 19.9 Å². The van der Waals surface area contributed by atoms with Crippen molar-refractivity contribution in [3.8, 4) is 22.9 Å². The number of ether oxygens (including phenoxy) is 2. The van der Waals surface area contributed by atoms with Crippen LogP contribution in [0.15, 0.2) is 47.0 Å². The fourth-order valence-corrected chi connectivity index (χ4v) is 2.95. The van der Waals surface area contributed by atoms with Crippen LogP contribution in [0.3, 0.4) is 0 Å². The monoisotopic (exact) mass is 426 g/mol. The van der Waals surface area contributed by atoms with Crippen LogP contribution in [0.4, 0.5) is 5.69 Å². The van der Waals surface area contributed by atoms with Crippen molar-refractivity contribution in [3.05, 3.63) is 64.0 Å². The standard InChI is InChI=1S/C21H22N4O6/c1-12(2)18(22-20(26)14-6-5-7-15(10-14)25(27)28)21-23-19(24-31-21)13-8-9-16(29-3)17(11-13)30-4/h5-12,18H,1-4H3,(H,22,26). The molecule has 31 heavy (non-hydrogen) atoms. The highest BCUT2D eigenvalue weighted by Gasteiger charge is 2.26. The van der Waals surface area contributed by atoms with Crippen molar-refractivity contribution in [2.24, 2.45) is 5.92 Å².